The zero-order chi connectivity index (χ0) is 37.1. The van der Waals surface area contributed by atoms with Crippen LogP contribution in [-0.4, -0.2) is 73.2 Å². The van der Waals surface area contributed by atoms with E-state index in [1.807, 2.05) is 47.5 Å². The highest BCUT2D eigenvalue weighted by molar-refractivity contribution is 6.40. The summed E-state index contributed by atoms with van der Waals surface area (Å²) in [5.41, 5.74) is 6.35. The first kappa shape index (κ1) is 36.0. The van der Waals surface area contributed by atoms with Crippen molar-refractivity contribution in [1.29, 1.82) is 0 Å². The Balaban J connectivity index is 0.952. The second kappa shape index (κ2) is 14.0. The van der Waals surface area contributed by atoms with Crippen LogP contribution in [0.15, 0.2) is 36.4 Å². The summed E-state index contributed by atoms with van der Waals surface area (Å²) >= 11 is 13.9. The third kappa shape index (κ3) is 6.49. The van der Waals surface area contributed by atoms with Crippen LogP contribution in [-0.2, 0) is 44.8 Å². The molecule has 278 valence electrons. The van der Waals surface area contributed by atoms with Crippen molar-refractivity contribution in [2.45, 2.75) is 71.4 Å². The summed E-state index contributed by atoms with van der Waals surface area (Å²) in [6, 6.07) is 10.8. The van der Waals surface area contributed by atoms with Gasteiger partial charge in [0.15, 0.2) is 11.6 Å². The van der Waals surface area contributed by atoms with Crippen molar-refractivity contribution in [3.05, 3.63) is 80.9 Å². The molecule has 0 radical (unpaired) electrons. The van der Waals surface area contributed by atoms with E-state index in [1.165, 1.54) is 6.29 Å². The average Bonchev–Trinajstić information content (AvgIpc) is 3.92. The molecular formula is C40H46Cl2N8O3. The molecule has 0 spiro atoms. The Morgan fingerprint density at radius 3 is 1.79 bits per heavy atom. The van der Waals surface area contributed by atoms with Crippen LogP contribution in [0.3, 0.4) is 0 Å². The lowest BCUT2D eigenvalue weighted by Gasteiger charge is -2.32. The van der Waals surface area contributed by atoms with Crippen molar-refractivity contribution < 1.29 is 14.4 Å². The van der Waals surface area contributed by atoms with Crippen LogP contribution in [0.25, 0.3) is 11.1 Å². The van der Waals surface area contributed by atoms with E-state index < -0.39 is 0 Å². The summed E-state index contributed by atoms with van der Waals surface area (Å²) in [4.78, 5) is 53.2. The van der Waals surface area contributed by atoms with E-state index in [4.69, 9.17) is 28.2 Å². The first-order valence-electron chi connectivity index (χ1n) is 18.7. The van der Waals surface area contributed by atoms with Crippen LogP contribution in [0.2, 0.25) is 10.0 Å². The number of rotatable bonds is 10. The van der Waals surface area contributed by atoms with E-state index in [0.717, 1.165) is 107 Å². The number of amides is 2. The van der Waals surface area contributed by atoms with Gasteiger partial charge in [0.05, 0.1) is 32.8 Å². The molecule has 0 unspecified atom stereocenters. The van der Waals surface area contributed by atoms with Crippen molar-refractivity contribution in [3.8, 4) is 11.1 Å². The number of hydrogen-bond acceptors (Lipinski definition) is 7. The standard InChI is InChI=1S/C40H46Cl2N8O3/c1-4-49-18-11-31-29(21-49)43-35(47(31)2)37(52)45-27-9-5-7-25(33(27)41)26-8-6-10-28(34(26)42)46-38(53)36-44-30-22-50(19-12-32(30)48(36)3)20-17-39-13-15-40(23-39,24-51)16-14-39/h5-10,24H,4,11-23H2,1-3H3,(H,45,52)(H,46,53). The molecule has 4 aromatic rings. The van der Waals surface area contributed by atoms with Gasteiger partial charge in [0.1, 0.15) is 6.29 Å². The second-order valence-corrected chi connectivity index (χ2v) is 16.3. The molecular weight excluding hydrogens is 711 g/mol. The Kier molecular flexibility index (Phi) is 9.50. The highest BCUT2D eigenvalue weighted by Gasteiger charge is 2.53. The molecule has 2 aliphatic carbocycles. The number of carbonyl (C=O) groups is 3. The molecule has 8 rings (SSSR count). The molecule has 0 atom stereocenters. The Morgan fingerprint density at radius 2 is 1.30 bits per heavy atom. The van der Waals surface area contributed by atoms with Gasteiger partial charge in [0.25, 0.3) is 11.8 Å². The van der Waals surface area contributed by atoms with Crippen molar-refractivity contribution in [2.24, 2.45) is 24.9 Å². The van der Waals surface area contributed by atoms with Crippen LogP contribution >= 0.6 is 23.2 Å². The van der Waals surface area contributed by atoms with Gasteiger partial charge >= 0.3 is 0 Å². The number of halogens is 2. The molecule has 11 nitrogen and oxygen atoms in total. The monoisotopic (exact) mass is 756 g/mol. The molecule has 13 heteroatoms. The predicted octanol–water partition coefficient (Wildman–Crippen LogP) is 6.91. The number of carbonyl (C=O) groups excluding carboxylic acids is 3. The largest absolute Gasteiger partial charge is 0.327 e. The van der Waals surface area contributed by atoms with Gasteiger partial charge in [-0.3, -0.25) is 19.4 Å². The van der Waals surface area contributed by atoms with E-state index in [-0.39, 0.29) is 17.2 Å². The fourth-order valence-electron chi connectivity index (χ4n) is 9.33. The molecule has 2 saturated carbocycles. The zero-order valence-electron chi connectivity index (χ0n) is 30.6. The van der Waals surface area contributed by atoms with E-state index in [1.54, 1.807) is 12.1 Å². The minimum atomic E-state index is -0.347. The first-order valence-corrected chi connectivity index (χ1v) is 19.5. The van der Waals surface area contributed by atoms with E-state index in [2.05, 4.69) is 32.3 Å². The number of aromatic nitrogens is 4. The van der Waals surface area contributed by atoms with Crippen molar-refractivity contribution >= 4 is 52.7 Å². The Labute approximate surface area is 320 Å². The molecule has 53 heavy (non-hydrogen) atoms. The van der Waals surface area contributed by atoms with Gasteiger partial charge in [0.2, 0.25) is 0 Å². The number of likely N-dealkylation sites (N-methyl/N-ethyl adjacent to an activating group) is 1. The van der Waals surface area contributed by atoms with Gasteiger partial charge in [0, 0.05) is 81.0 Å². The molecule has 2 aromatic heterocycles. The molecule has 2 bridgehead atoms. The third-order valence-electron chi connectivity index (χ3n) is 12.5. The predicted molar refractivity (Wildman–Crippen MR) is 206 cm³/mol. The quantitative estimate of drug-likeness (QED) is 0.169. The van der Waals surface area contributed by atoms with Crippen molar-refractivity contribution in [2.75, 3.05) is 36.8 Å². The van der Waals surface area contributed by atoms with E-state index >= 15 is 0 Å². The van der Waals surface area contributed by atoms with Crippen LogP contribution in [0, 0.1) is 10.8 Å². The van der Waals surface area contributed by atoms with Crippen molar-refractivity contribution in [3.63, 3.8) is 0 Å². The lowest BCUT2D eigenvalue weighted by molar-refractivity contribution is -0.115. The number of fused-ring (bicyclic) bond motifs is 4. The summed E-state index contributed by atoms with van der Waals surface area (Å²) in [6.45, 7) is 7.31. The number of nitrogens with one attached hydrogen (secondary N) is 2. The SMILES string of the molecule is CCN1CCc2c(nc(C(=O)Nc3cccc(-c4cccc(NC(=O)c5nc6c(n5C)CCN(CCC57CCC(C=O)(CC5)C7)C6)c4Cl)c3Cl)n2C)C1. The van der Waals surface area contributed by atoms with Gasteiger partial charge < -0.3 is 24.6 Å². The summed E-state index contributed by atoms with van der Waals surface area (Å²) in [6.07, 6.45) is 9.42. The minimum absolute atomic E-state index is 0.0631. The van der Waals surface area contributed by atoms with E-state index in [9.17, 15) is 14.4 Å². The minimum Gasteiger partial charge on any atom is -0.327 e. The van der Waals surface area contributed by atoms with Gasteiger partial charge in [-0.15, -0.1) is 0 Å². The Bertz CT molecular complexity index is 2110. The van der Waals surface area contributed by atoms with Gasteiger partial charge in [-0.2, -0.15) is 0 Å². The van der Waals surface area contributed by atoms with Crippen LogP contribution < -0.4 is 10.6 Å². The zero-order valence-corrected chi connectivity index (χ0v) is 32.1. The first-order chi connectivity index (χ1) is 25.5. The lowest BCUT2D eigenvalue weighted by atomic mass is 9.80. The highest BCUT2D eigenvalue weighted by Crippen LogP contribution is 2.62. The maximum absolute atomic E-state index is 13.7. The molecule has 2 N–H and O–H groups in total. The Morgan fingerprint density at radius 1 is 0.792 bits per heavy atom. The molecule has 2 aromatic carbocycles. The van der Waals surface area contributed by atoms with Crippen molar-refractivity contribution in [1.82, 2.24) is 28.9 Å². The van der Waals surface area contributed by atoms with E-state index in [0.29, 0.717) is 56.2 Å². The Hall–Kier alpha value is -4.03. The molecule has 2 aliphatic heterocycles. The lowest BCUT2D eigenvalue weighted by Crippen LogP contribution is -2.34. The van der Waals surface area contributed by atoms with Gasteiger partial charge in [-0.1, -0.05) is 54.4 Å². The van der Waals surface area contributed by atoms with Gasteiger partial charge in [-0.25, -0.2) is 9.97 Å². The molecule has 2 amide bonds. The van der Waals surface area contributed by atoms with Crippen LogP contribution in [0.5, 0.6) is 0 Å². The maximum Gasteiger partial charge on any atom is 0.291 e. The fraction of sp³-hybridized carbons (Fsp3) is 0.475. The van der Waals surface area contributed by atoms with Crippen LogP contribution in [0.1, 0.15) is 89.5 Å². The number of anilines is 2. The topological polar surface area (TPSA) is 117 Å². The van der Waals surface area contributed by atoms with Gasteiger partial charge in [-0.05, 0) is 69.2 Å². The summed E-state index contributed by atoms with van der Waals surface area (Å²) in [5, 5.41) is 6.60. The summed E-state index contributed by atoms with van der Waals surface area (Å²) in [7, 11) is 3.77. The summed E-state index contributed by atoms with van der Waals surface area (Å²) < 4.78 is 3.77. The maximum atomic E-state index is 13.7. The molecule has 4 aliphatic rings. The molecule has 0 saturated heterocycles. The highest BCUT2D eigenvalue weighted by atomic mass is 35.5. The third-order valence-corrected chi connectivity index (χ3v) is 13.4. The number of imidazole rings is 2. The second-order valence-electron chi connectivity index (χ2n) is 15.6. The van der Waals surface area contributed by atoms with Crippen LogP contribution in [0.4, 0.5) is 11.4 Å². The molecule has 4 heterocycles. The smallest absolute Gasteiger partial charge is 0.291 e. The number of hydrogen-bond donors (Lipinski definition) is 2. The number of nitrogens with zero attached hydrogens (tertiary/aromatic N) is 6. The fourth-order valence-corrected chi connectivity index (χ4v) is 9.88. The number of benzene rings is 2. The normalized spacial score (nSPS) is 22.4. The average molecular weight is 758 g/mol. The number of aldehydes is 1. The molecule has 2 fully saturated rings. The summed E-state index contributed by atoms with van der Waals surface area (Å²) in [5.74, 6) is -0.0178.